The molecule has 0 radical (unpaired) electrons. The molecule has 0 amide bonds. The molecule has 0 aliphatic carbocycles. The van der Waals surface area contributed by atoms with Gasteiger partial charge in [0, 0.05) is 0 Å². The van der Waals surface area contributed by atoms with Crippen LogP contribution in [0.5, 0.6) is 0 Å². The van der Waals surface area contributed by atoms with Gasteiger partial charge >= 0.3 is 1.43 Å². The number of rotatable bonds is 2. The number of aliphatic hydroxyl groups excluding tert-OH is 1. The zero-order valence-corrected chi connectivity index (χ0v) is 8.18. The summed E-state index contributed by atoms with van der Waals surface area (Å²) >= 11 is 0. The van der Waals surface area contributed by atoms with Gasteiger partial charge in [0.15, 0.2) is 5.85 Å². The summed E-state index contributed by atoms with van der Waals surface area (Å²) in [6, 6.07) is 8.43. The van der Waals surface area contributed by atoms with Crippen molar-refractivity contribution in [2.24, 2.45) is 0 Å². The van der Waals surface area contributed by atoms with Crippen LogP contribution < -0.4 is 12.3 Å². The molecule has 0 saturated carbocycles. The highest BCUT2D eigenvalue weighted by Crippen LogP contribution is 2.34. The molecule has 0 aliphatic heterocycles. The standard InChI is InChI=1S/C7H9O3P.2H3N/c8-7(11(9)10)6-4-2-1-3-5-6;;/h1-5,7-8,11H,(H,9,10);2*1H3/p+1. The van der Waals surface area contributed by atoms with E-state index in [1.807, 2.05) is 0 Å². The fourth-order valence-electron chi connectivity index (χ4n) is 0.778. The van der Waals surface area contributed by atoms with Crippen LogP contribution in [0.15, 0.2) is 30.3 Å². The maximum Gasteiger partial charge on any atom is 1.00 e. The lowest BCUT2D eigenvalue weighted by Crippen LogP contribution is -1.89. The lowest BCUT2D eigenvalue weighted by Gasteiger charge is -2.04. The molecular formula is C7H16N2O3P+. The molecule has 1 aromatic carbocycles. The van der Waals surface area contributed by atoms with E-state index in [-0.39, 0.29) is 13.7 Å². The molecule has 76 valence electrons. The molecule has 0 aromatic heterocycles. The fourth-order valence-corrected chi connectivity index (χ4v) is 1.26. The Morgan fingerprint density at radius 1 is 1.23 bits per heavy atom. The van der Waals surface area contributed by atoms with Gasteiger partial charge in [-0.15, -0.1) is 0 Å². The predicted molar refractivity (Wildman–Crippen MR) is 53.8 cm³/mol. The van der Waals surface area contributed by atoms with Crippen LogP contribution in [0.3, 0.4) is 0 Å². The Morgan fingerprint density at radius 3 is 2.08 bits per heavy atom. The quantitative estimate of drug-likeness (QED) is 0.547. The molecule has 2 atom stereocenters. The van der Waals surface area contributed by atoms with Gasteiger partial charge in [-0.05, 0) is 5.56 Å². The topological polar surface area (TPSA) is 128 Å². The molecule has 2 unspecified atom stereocenters. The minimum absolute atomic E-state index is 0. The van der Waals surface area contributed by atoms with Gasteiger partial charge in [0.25, 0.3) is 0 Å². The highest BCUT2D eigenvalue weighted by Gasteiger charge is 2.10. The van der Waals surface area contributed by atoms with Gasteiger partial charge < -0.3 is 22.3 Å². The van der Waals surface area contributed by atoms with Crippen molar-refractivity contribution < 1.29 is 16.0 Å². The zero-order valence-electron chi connectivity index (χ0n) is 8.18. The smallest absolute Gasteiger partial charge is 0.378 e. The summed E-state index contributed by atoms with van der Waals surface area (Å²) < 4.78 is 10.4. The fraction of sp³-hybridized carbons (Fsp3) is 0.143. The Labute approximate surface area is 78.9 Å². The molecule has 0 heterocycles. The van der Waals surface area contributed by atoms with Gasteiger partial charge in [0.05, 0.1) is 0 Å². The molecule has 13 heavy (non-hydrogen) atoms. The Bertz CT molecular complexity index is 260. The van der Waals surface area contributed by atoms with Crippen molar-refractivity contribution in [2.75, 3.05) is 0 Å². The van der Waals surface area contributed by atoms with Crippen LogP contribution in [-0.2, 0) is 4.57 Å². The molecule has 1 aromatic rings. The van der Waals surface area contributed by atoms with Crippen molar-refractivity contribution in [3.05, 3.63) is 35.9 Å². The lowest BCUT2D eigenvalue weighted by molar-refractivity contribution is 0.243. The van der Waals surface area contributed by atoms with Crippen LogP contribution in [0, 0.1) is 0 Å². The maximum atomic E-state index is 10.4. The van der Waals surface area contributed by atoms with Crippen molar-refractivity contribution in [2.45, 2.75) is 5.85 Å². The number of aliphatic hydroxyl groups is 1. The summed E-state index contributed by atoms with van der Waals surface area (Å²) in [5.41, 5.74) is 0.485. The third-order valence-electron chi connectivity index (χ3n) is 1.35. The summed E-state index contributed by atoms with van der Waals surface area (Å²) in [7, 11) is -2.86. The van der Waals surface area contributed by atoms with Crippen molar-refractivity contribution in [3.63, 3.8) is 0 Å². The molecule has 0 fully saturated rings. The van der Waals surface area contributed by atoms with Crippen LogP contribution in [0.25, 0.3) is 0 Å². The summed E-state index contributed by atoms with van der Waals surface area (Å²) in [6.45, 7) is 0. The van der Waals surface area contributed by atoms with E-state index in [1.54, 1.807) is 30.3 Å². The predicted octanol–water partition coefficient (Wildman–Crippen LogP) is 1.58. The van der Waals surface area contributed by atoms with Gasteiger partial charge in [0.1, 0.15) is 0 Å². The van der Waals surface area contributed by atoms with Crippen LogP contribution in [-0.4, -0.2) is 10.00 Å². The van der Waals surface area contributed by atoms with Gasteiger partial charge in [-0.2, -0.15) is 0 Å². The average molecular weight is 207 g/mol. The van der Waals surface area contributed by atoms with Crippen LogP contribution >= 0.6 is 8.03 Å². The average Bonchev–Trinajstić information content (AvgIpc) is 2.05. The number of hydrogen-bond donors (Lipinski definition) is 4. The number of hydrogen-bond acceptors (Lipinski definition) is 4. The normalized spacial score (nSPS) is 13.4. The highest BCUT2D eigenvalue weighted by atomic mass is 31.1. The van der Waals surface area contributed by atoms with E-state index in [1.165, 1.54) is 0 Å². The molecule has 8 N–H and O–H groups in total. The van der Waals surface area contributed by atoms with Gasteiger partial charge in [-0.3, -0.25) is 4.57 Å². The molecule has 6 heteroatoms. The second-order valence-corrected chi connectivity index (χ2v) is 3.37. The van der Waals surface area contributed by atoms with Crippen molar-refractivity contribution >= 4 is 8.03 Å². The second kappa shape index (κ2) is 6.77. The Kier molecular flexibility index (Phi) is 7.70. The Balaban J connectivity index is -0.000000403. The van der Waals surface area contributed by atoms with E-state index >= 15 is 0 Å². The third-order valence-corrected chi connectivity index (χ3v) is 2.15. The number of benzene rings is 1. The molecule has 0 spiro atoms. The molecule has 0 bridgehead atoms. The molecule has 0 saturated heterocycles. The summed E-state index contributed by atoms with van der Waals surface area (Å²) in [4.78, 5) is 8.57. The van der Waals surface area contributed by atoms with E-state index < -0.39 is 13.9 Å². The molecular weight excluding hydrogens is 191 g/mol. The zero-order chi connectivity index (χ0) is 8.27. The van der Waals surface area contributed by atoms with Gasteiger partial charge in [-0.1, -0.05) is 30.3 Å². The Hall–Kier alpha value is -0.710. The lowest BCUT2D eigenvalue weighted by atomic mass is 10.2. The van der Waals surface area contributed by atoms with E-state index in [0.717, 1.165) is 0 Å². The monoisotopic (exact) mass is 207 g/mol. The maximum absolute atomic E-state index is 10.4. The first-order valence-electron chi connectivity index (χ1n) is 3.17. The highest BCUT2D eigenvalue weighted by molar-refractivity contribution is 7.38. The van der Waals surface area contributed by atoms with E-state index in [9.17, 15) is 4.57 Å². The van der Waals surface area contributed by atoms with E-state index in [4.69, 9.17) is 10.00 Å². The second-order valence-electron chi connectivity index (χ2n) is 2.15. The van der Waals surface area contributed by atoms with Crippen LogP contribution in [0.1, 0.15) is 12.8 Å². The van der Waals surface area contributed by atoms with Crippen molar-refractivity contribution in [1.82, 2.24) is 12.3 Å². The molecule has 5 nitrogen and oxygen atoms in total. The van der Waals surface area contributed by atoms with Crippen molar-refractivity contribution in [1.29, 1.82) is 0 Å². The first-order chi connectivity index (χ1) is 5.22. The largest absolute Gasteiger partial charge is 1.00 e. The first kappa shape index (κ1) is 14.8. The Morgan fingerprint density at radius 2 is 1.69 bits per heavy atom. The van der Waals surface area contributed by atoms with E-state index in [0.29, 0.717) is 5.56 Å². The van der Waals surface area contributed by atoms with Crippen LogP contribution in [0.2, 0.25) is 0 Å². The molecule has 1 rings (SSSR count). The minimum Gasteiger partial charge on any atom is -0.378 e. The first-order valence-corrected chi connectivity index (χ1v) is 4.61. The van der Waals surface area contributed by atoms with E-state index in [2.05, 4.69) is 0 Å². The SMILES string of the molecule is N.N.O=[PH](O)C(O)c1ccccc1.[H+]. The minimum atomic E-state index is -2.86. The van der Waals surface area contributed by atoms with Crippen molar-refractivity contribution in [3.8, 4) is 0 Å². The summed E-state index contributed by atoms with van der Waals surface area (Å²) in [5.74, 6) is -1.22. The summed E-state index contributed by atoms with van der Waals surface area (Å²) in [6.07, 6.45) is 0. The third kappa shape index (κ3) is 4.17. The van der Waals surface area contributed by atoms with Gasteiger partial charge in [-0.25, -0.2) is 0 Å². The van der Waals surface area contributed by atoms with Crippen LogP contribution in [0.4, 0.5) is 0 Å². The summed E-state index contributed by atoms with van der Waals surface area (Å²) in [5, 5.41) is 9.08. The molecule has 0 aliphatic rings. The van der Waals surface area contributed by atoms with Gasteiger partial charge in [0.2, 0.25) is 8.03 Å².